The Morgan fingerprint density at radius 1 is 1.35 bits per heavy atom. The van der Waals surface area contributed by atoms with E-state index in [9.17, 15) is 0 Å². The quantitative estimate of drug-likeness (QED) is 0.797. The van der Waals surface area contributed by atoms with Crippen LogP contribution in [-0.2, 0) is 6.42 Å². The average Bonchev–Trinajstić information content (AvgIpc) is 2.56. The molecule has 0 spiro atoms. The number of benzene rings is 1. The predicted octanol–water partition coefficient (Wildman–Crippen LogP) is 2.08. The highest BCUT2D eigenvalue weighted by Crippen LogP contribution is 2.07. The number of hydrogen-bond acceptors (Lipinski definition) is 2. The molecule has 1 N–H and O–H groups in total. The third-order valence-corrected chi connectivity index (χ3v) is 3.27. The minimum absolute atomic E-state index is 0.569. The molecule has 0 aliphatic carbocycles. The smallest absolute Gasteiger partial charge is 0.0235 e. The summed E-state index contributed by atoms with van der Waals surface area (Å²) in [6.45, 7) is 8.28. The highest BCUT2D eigenvalue weighted by atomic mass is 15.2. The molecule has 0 aromatic heterocycles. The Balaban J connectivity index is 1.92. The fourth-order valence-corrected chi connectivity index (χ4v) is 2.46. The summed E-state index contributed by atoms with van der Waals surface area (Å²) in [7, 11) is 0. The van der Waals surface area contributed by atoms with Crippen LogP contribution in [0.5, 0.6) is 0 Å². The molecule has 0 saturated carbocycles. The zero-order chi connectivity index (χ0) is 11.9. The van der Waals surface area contributed by atoms with Crippen molar-refractivity contribution in [3.8, 4) is 0 Å². The van der Waals surface area contributed by atoms with Gasteiger partial charge < -0.3 is 5.32 Å². The Hall–Kier alpha value is -1.12. The van der Waals surface area contributed by atoms with Gasteiger partial charge in [-0.25, -0.2) is 0 Å². The summed E-state index contributed by atoms with van der Waals surface area (Å²) in [6, 6.07) is 11.3. The first-order valence-electron chi connectivity index (χ1n) is 6.49. The van der Waals surface area contributed by atoms with Gasteiger partial charge in [-0.2, -0.15) is 0 Å². The molecule has 2 rings (SSSR count). The van der Waals surface area contributed by atoms with Gasteiger partial charge in [0.1, 0.15) is 0 Å². The lowest BCUT2D eigenvalue weighted by Crippen LogP contribution is -2.39. The van der Waals surface area contributed by atoms with E-state index < -0.39 is 0 Å². The van der Waals surface area contributed by atoms with Crippen LogP contribution in [0.2, 0.25) is 0 Å². The molecule has 1 aromatic rings. The highest BCUT2D eigenvalue weighted by Gasteiger charge is 2.16. The molecule has 1 aliphatic rings. The molecule has 2 heteroatoms. The molecule has 1 aromatic carbocycles. The second-order valence-electron chi connectivity index (χ2n) is 4.74. The van der Waals surface area contributed by atoms with Gasteiger partial charge in [0.2, 0.25) is 0 Å². The minimum atomic E-state index is 0.569. The Kier molecular flexibility index (Phi) is 4.77. The van der Waals surface area contributed by atoms with Crippen molar-refractivity contribution >= 4 is 0 Å². The van der Waals surface area contributed by atoms with Crippen molar-refractivity contribution in [3.63, 3.8) is 0 Å². The summed E-state index contributed by atoms with van der Waals surface area (Å²) in [5.41, 5.74) is 1.42. The van der Waals surface area contributed by atoms with Crippen LogP contribution in [0.4, 0.5) is 0 Å². The second-order valence-corrected chi connectivity index (χ2v) is 4.74. The van der Waals surface area contributed by atoms with Crippen LogP contribution in [0.15, 0.2) is 43.0 Å². The Bertz CT molecular complexity index is 334. The maximum absolute atomic E-state index is 3.83. The third kappa shape index (κ3) is 3.99. The second kappa shape index (κ2) is 6.58. The standard InChI is InChI=1S/C15H22N2/c1-2-10-17-11-6-9-16-15(13-17)12-14-7-4-3-5-8-14/h2-5,7-8,15-16H,1,6,9-13H2. The van der Waals surface area contributed by atoms with Crippen LogP contribution >= 0.6 is 0 Å². The molecule has 1 aliphatic heterocycles. The molecule has 1 saturated heterocycles. The summed E-state index contributed by atoms with van der Waals surface area (Å²) in [6.07, 6.45) is 4.36. The molecule has 2 nitrogen and oxygen atoms in total. The molecule has 1 unspecified atom stereocenters. The summed E-state index contributed by atoms with van der Waals surface area (Å²) < 4.78 is 0. The summed E-state index contributed by atoms with van der Waals surface area (Å²) in [5, 5.41) is 3.64. The highest BCUT2D eigenvalue weighted by molar-refractivity contribution is 5.16. The summed E-state index contributed by atoms with van der Waals surface area (Å²) >= 11 is 0. The van der Waals surface area contributed by atoms with E-state index in [4.69, 9.17) is 0 Å². The largest absolute Gasteiger partial charge is 0.312 e. The van der Waals surface area contributed by atoms with Crippen molar-refractivity contribution < 1.29 is 0 Å². The third-order valence-electron chi connectivity index (χ3n) is 3.27. The first-order valence-corrected chi connectivity index (χ1v) is 6.49. The fourth-order valence-electron chi connectivity index (χ4n) is 2.46. The summed E-state index contributed by atoms with van der Waals surface area (Å²) in [4.78, 5) is 2.49. The van der Waals surface area contributed by atoms with Crippen molar-refractivity contribution in [2.45, 2.75) is 18.9 Å². The van der Waals surface area contributed by atoms with E-state index in [0.29, 0.717) is 6.04 Å². The normalized spacial score (nSPS) is 22.0. The van der Waals surface area contributed by atoms with E-state index in [1.54, 1.807) is 0 Å². The Morgan fingerprint density at radius 3 is 2.94 bits per heavy atom. The van der Waals surface area contributed by atoms with E-state index in [0.717, 1.165) is 26.1 Å². The van der Waals surface area contributed by atoms with Crippen LogP contribution in [-0.4, -0.2) is 37.1 Å². The lowest BCUT2D eigenvalue weighted by atomic mass is 10.1. The van der Waals surface area contributed by atoms with Crippen molar-refractivity contribution in [1.29, 1.82) is 0 Å². The predicted molar refractivity (Wildman–Crippen MR) is 73.2 cm³/mol. The van der Waals surface area contributed by atoms with Gasteiger partial charge in [-0.15, -0.1) is 6.58 Å². The van der Waals surface area contributed by atoms with E-state index in [2.05, 4.69) is 47.1 Å². The maximum atomic E-state index is 3.83. The molecule has 92 valence electrons. The van der Waals surface area contributed by atoms with Gasteiger partial charge in [-0.05, 0) is 31.5 Å². The molecule has 17 heavy (non-hydrogen) atoms. The average molecular weight is 230 g/mol. The van der Waals surface area contributed by atoms with E-state index in [1.807, 2.05) is 6.08 Å². The topological polar surface area (TPSA) is 15.3 Å². The minimum Gasteiger partial charge on any atom is -0.312 e. The van der Waals surface area contributed by atoms with Crippen LogP contribution in [0.1, 0.15) is 12.0 Å². The van der Waals surface area contributed by atoms with Crippen molar-refractivity contribution in [3.05, 3.63) is 48.6 Å². The molecule has 1 heterocycles. The van der Waals surface area contributed by atoms with Gasteiger partial charge in [-0.1, -0.05) is 36.4 Å². The number of nitrogens with zero attached hydrogens (tertiary/aromatic N) is 1. The lowest BCUT2D eigenvalue weighted by Gasteiger charge is -2.23. The van der Waals surface area contributed by atoms with Gasteiger partial charge in [0.05, 0.1) is 0 Å². The zero-order valence-corrected chi connectivity index (χ0v) is 10.4. The zero-order valence-electron chi connectivity index (χ0n) is 10.4. The monoisotopic (exact) mass is 230 g/mol. The molecule has 0 radical (unpaired) electrons. The van der Waals surface area contributed by atoms with Crippen LogP contribution in [0.25, 0.3) is 0 Å². The van der Waals surface area contributed by atoms with Crippen LogP contribution in [0, 0.1) is 0 Å². The molecular weight excluding hydrogens is 208 g/mol. The SMILES string of the molecule is C=CCN1CCCNC(Cc2ccccc2)C1. The lowest BCUT2D eigenvalue weighted by molar-refractivity contribution is 0.294. The molecular formula is C15H22N2. The fraction of sp³-hybridized carbons (Fsp3) is 0.467. The van der Waals surface area contributed by atoms with Gasteiger partial charge in [0.25, 0.3) is 0 Å². The van der Waals surface area contributed by atoms with Crippen LogP contribution < -0.4 is 5.32 Å². The van der Waals surface area contributed by atoms with Crippen molar-refractivity contribution in [1.82, 2.24) is 10.2 Å². The first kappa shape index (κ1) is 12.3. The number of hydrogen-bond donors (Lipinski definition) is 1. The molecule has 0 bridgehead atoms. The number of nitrogens with one attached hydrogen (secondary N) is 1. The number of rotatable bonds is 4. The van der Waals surface area contributed by atoms with Gasteiger partial charge in [-0.3, -0.25) is 4.90 Å². The van der Waals surface area contributed by atoms with Crippen molar-refractivity contribution in [2.75, 3.05) is 26.2 Å². The summed E-state index contributed by atoms with van der Waals surface area (Å²) in [5.74, 6) is 0. The van der Waals surface area contributed by atoms with Gasteiger partial charge in [0.15, 0.2) is 0 Å². The first-order chi connectivity index (χ1) is 8.38. The van der Waals surface area contributed by atoms with Crippen LogP contribution in [0.3, 0.4) is 0 Å². The van der Waals surface area contributed by atoms with E-state index >= 15 is 0 Å². The maximum Gasteiger partial charge on any atom is 0.0235 e. The Morgan fingerprint density at radius 2 is 2.18 bits per heavy atom. The van der Waals surface area contributed by atoms with E-state index in [1.165, 1.54) is 18.5 Å². The van der Waals surface area contributed by atoms with Crippen molar-refractivity contribution in [2.24, 2.45) is 0 Å². The molecule has 0 amide bonds. The van der Waals surface area contributed by atoms with Gasteiger partial charge in [0, 0.05) is 19.1 Å². The molecule has 1 atom stereocenters. The Labute approximate surface area is 104 Å². The molecule has 1 fully saturated rings. The van der Waals surface area contributed by atoms with E-state index in [-0.39, 0.29) is 0 Å². The van der Waals surface area contributed by atoms with Gasteiger partial charge >= 0.3 is 0 Å².